The van der Waals surface area contributed by atoms with Gasteiger partial charge in [-0.2, -0.15) is 0 Å². The number of hydrogen-bond acceptors (Lipinski definition) is 3. The van der Waals surface area contributed by atoms with Crippen LogP contribution in [0.1, 0.15) is 46.0 Å². The second kappa shape index (κ2) is 7.46. The van der Waals surface area contributed by atoms with E-state index in [4.69, 9.17) is 0 Å². The molecule has 1 aliphatic carbocycles. The zero-order valence-electron chi connectivity index (χ0n) is 12.7. The lowest BCUT2D eigenvalue weighted by Gasteiger charge is -2.33. The van der Waals surface area contributed by atoms with E-state index in [0.29, 0.717) is 0 Å². The zero-order chi connectivity index (χ0) is 13.6. The molecule has 0 aromatic heterocycles. The molecular weight excluding hydrogens is 224 g/mol. The summed E-state index contributed by atoms with van der Waals surface area (Å²) in [5, 5.41) is 13.4. The molecule has 1 rings (SSSR count). The maximum absolute atomic E-state index is 9.78. The highest BCUT2D eigenvalue weighted by molar-refractivity contribution is 4.91. The van der Waals surface area contributed by atoms with Crippen LogP contribution in [0.4, 0.5) is 0 Å². The minimum Gasteiger partial charge on any atom is -0.394 e. The summed E-state index contributed by atoms with van der Waals surface area (Å²) in [6.07, 6.45) is 6.08. The smallest absolute Gasteiger partial charge is 0.0613 e. The number of nitrogens with zero attached hydrogens (tertiary/aromatic N) is 1. The highest BCUT2D eigenvalue weighted by atomic mass is 16.3. The topological polar surface area (TPSA) is 35.5 Å². The van der Waals surface area contributed by atoms with E-state index in [2.05, 4.69) is 38.2 Å². The molecule has 0 heterocycles. The molecule has 0 aromatic rings. The Morgan fingerprint density at radius 2 is 2.00 bits per heavy atom. The van der Waals surface area contributed by atoms with Gasteiger partial charge in [0.15, 0.2) is 0 Å². The van der Waals surface area contributed by atoms with E-state index in [-0.39, 0.29) is 12.1 Å². The molecule has 3 nitrogen and oxygen atoms in total. The van der Waals surface area contributed by atoms with Gasteiger partial charge in [0.1, 0.15) is 0 Å². The van der Waals surface area contributed by atoms with Gasteiger partial charge in [-0.15, -0.1) is 0 Å². The summed E-state index contributed by atoms with van der Waals surface area (Å²) in [6.45, 7) is 6.95. The van der Waals surface area contributed by atoms with Crippen molar-refractivity contribution in [3.05, 3.63) is 0 Å². The van der Waals surface area contributed by atoms with Crippen molar-refractivity contribution in [2.24, 2.45) is 11.8 Å². The standard InChI is InChI=1S/C15H32N2O/c1-13(2)14-6-5-8-15(12-18,9-7-14)16-10-11-17(3)4/h13-14,16,18H,5-12H2,1-4H3. The summed E-state index contributed by atoms with van der Waals surface area (Å²) in [7, 11) is 4.18. The Morgan fingerprint density at radius 3 is 2.56 bits per heavy atom. The molecule has 2 unspecified atom stereocenters. The molecule has 108 valence electrons. The third kappa shape index (κ3) is 4.87. The van der Waals surface area contributed by atoms with Gasteiger partial charge >= 0.3 is 0 Å². The number of aliphatic hydroxyl groups excluding tert-OH is 1. The highest BCUT2D eigenvalue weighted by Crippen LogP contribution is 2.33. The average molecular weight is 256 g/mol. The Balaban J connectivity index is 2.48. The van der Waals surface area contributed by atoms with Crippen molar-refractivity contribution >= 4 is 0 Å². The van der Waals surface area contributed by atoms with Crippen LogP contribution in [-0.4, -0.2) is 49.3 Å². The molecule has 18 heavy (non-hydrogen) atoms. The van der Waals surface area contributed by atoms with E-state index in [1.54, 1.807) is 0 Å². The fraction of sp³-hybridized carbons (Fsp3) is 1.00. The average Bonchev–Trinajstić information content (AvgIpc) is 2.52. The molecule has 0 amide bonds. The van der Waals surface area contributed by atoms with Gasteiger partial charge in [0.05, 0.1) is 6.61 Å². The number of aliphatic hydroxyl groups is 1. The maximum atomic E-state index is 9.78. The van der Waals surface area contributed by atoms with Crippen molar-refractivity contribution in [2.45, 2.75) is 51.5 Å². The maximum Gasteiger partial charge on any atom is 0.0613 e. The fourth-order valence-electron chi connectivity index (χ4n) is 3.04. The Hall–Kier alpha value is -0.120. The van der Waals surface area contributed by atoms with Crippen molar-refractivity contribution in [3.63, 3.8) is 0 Å². The van der Waals surface area contributed by atoms with E-state index < -0.39 is 0 Å². The third-order valence-electron chi connectivity index (χ3n) is 4.53. The van der Waals surface area contributed by atoms with E-state index in [0.717, 1.165) is 37.8 Å². The van der Waals surface area contributed by atoms with Crippen LogP contribution >= 0.6 is 0 Å². The van der Waals surface area contributed by atoms with Gasteiger partial charge in [0, 0.05) is 18.6 Å². The lowest BCUT2D eigenvalue weighted by Crippen LogP contribution is -2.50. The molecule has 0 aromatic carbocycles. The van der Waals surface area contributed by atoms with E-state index >= 15 is 0 Å². The van der Waals surface area contributed by atoms with Gasteiger partial charge in [0.2, 0.25) is 0 Å². The SMILES string of the molecule is CC(C)C1CCCC(CO)(NCCN(C)C)CC1. The van der Waals surface area contributed by atoms with Gasteiger partial charge < -0.3 is 15.3 Å². The predicted molar refractivity (Wildman–Crippen MR) is 77.8 cm³/mol. The van der Waals surface area contributed by atoms with E-state index in [9.17, 15) is 5.11 Å². The van der Waals surface area contributed by atoms with Crippen LogP contribution in [-0.2, 0) is 0 Å². The van der Waals surface area contributed by atoms with Crippen LogP contribution in [0, 0.1) is 11.8 Å². The fourth-order valence-corrected chi connectivity index (χ4v) is 3.04. The van der Waals surface area contributed by atoms with Gasteiger partial charge in [-0.1, -0.05) is 26.7 Å². The monoisotopic (exact) mass is 256 g/mol. The van der Waals surface area contributed by atoms with Gasteiger partial charge in [-0.25, -0.2) is 0 Å². The molecule has 1 aliphatic rings. The second-order valence-electron chi connectivity index (χ2n) is 6.60. The lowest BCUT2D eigenvalue weighted by molar-refractivity contribution is 0.139. The molecule has 1 fully saturated rings. The third-order valence-corrected chi connectivity index (χ3v) is 4.53. The van der Waals surface area contributed by atoms with Crippen LogP contribution in [0.15, 0.2) is 0 Å². The summed E-state index contributed by atoms with van der Waals surface area (Å²) in [5.74, 6) is 1.62. The summed E-state index contributed by atoms with van der Waals surface area (Å²) < 4.78 is 0. The van der Waals surface area contributed by atoms with Crippen molar-refractivity contribution < 1.29 is 5.11 Å². The summed E-state index contributed by atoms with van der Waals surface area (Å²) in [5.41, 5.74) is -0.0142. The van der Waals surface area contributed by atoms with Crippen molar-refractivity contribution in [3.8, 4) is 0 Å². The number of likely N-dealkylation sites (N-methyl/N-ethyl adjacent to an activating group) is 1. The predicted octanol–water partition coefficient (Wildman–Crippen LogP) is 2.10. The first-order valence-electron chi connectivity index (χ1n) is 7.50. The first-order valence-corrected chi connectivity index (χ1v) is 7.50. The summed E-state index contributed by atoms with van der Waals surface area (Å²) in [4.78, 5) is 2.19. The molecular formula is C15H32N2O. The van der Waals surface area contributed by atoms with Crippen LogP contribution in [0.25, 0.3) is 0 Å². The van der Waals surface area contributed by atoms with Crippen molar-refractivity contribution in [1.82, 2.24) is 10.2 Å². The molecule has 2 N–H and O–H groups in total. The summed E-state index contributed by atoms with van der Waals surface area (Å²) >= 11 is 0. The molecule has 0 radical (unpaired) electrons. The normalized spacial score (nSPS) is 29.8. The lowest BCUT2D eigenvalue weighted by atomic mass is 9.87. The largest absolute Gasteiger partial charge is 0.394 e. The van der Waals surface area contributed by atoms with E-state index in [1.165, 1.54) is 19.3 Å². The van der Waals surface area contributed by atoms with Crippen LogP contribution in [0.3, 0.4) is 0 Å². The van der Waals surface area contributed by atoms with Crippen LogP contribution in [0.5, 0.6) is 0 Å². The Bertz CT molecular complexity index is 231. The Labute approximate surface area is 113 Å². The van der Waals surface area contributed by atoms with Gasteiger partial charge in [0.25, 0.3) is 0 Å². The minimum absolute atomic E-state index is 0.0142. The molecule has 2 atom stereocenters. The minimum atomic E-state index is -0.0142. The molecule has 0 saturated heterocycles. The molecule has 0 bridgehead atoms. The zero-order valence-corrected chi connectivity index (χ0v) is 12.7. The van der Waals surface area contributed by atoms with Gasteiger partial charge in [-0.3, -0.25) is 0 Å². The van der Waals surface area contributed by atoms with Crippen molar-refractivity contribution in [1.29, 1.82) is 0 Å². The first kappa shape index (κ1) is 15.9. The Kier molecular flexibility index (Phi) is 6.61. The first-order chi connectivity index (χ1) is 8.49. The second-order valence-corrected chi connectivity index (χ2v) is 6.60. The molecule has 0 aliphatic heterocycles. The number of hydrogen-bond donors (Lipinski definition) is 2. The van der Waals surface area contributed by atoms with E-state index in [1.807, 2.05) is 0 Å². The highest BCUT2D eigenvalue weighted by Gasteiger charge is 2.32. The Morgan fingerprint density at radius 1 is 1.28 bits per heavy atom. The number of nitrogens with one attached hydrogen (secondary N) is 1. The van der Waals surface area contributed by atoms with Crippen LogP contribution < -0.4 is 5.32 Å². The molecule has 1 saturated carbocycles. The van der Waals surface area contributed by atoms with Crippen LogP contribution in [0.2, 0.25) is 0 Å². The quantitative estimate of drug-likeness (QED) is 0.715. The summed E-state index contributed by atoms with van der Waals surface area (Å²) in [6, 6.07) is 0. The molecule has 3 heteroatoms. The van der Waals surface area contributed by atoms with Crippen molar-refractivity contribution in [2.75, 3.05) is 33.8 Å². The van der Waals surface area contributed by atoms with Gasteiger partial charge in [-0.05, 0) is 45.2 Å². The number of rotatable bonds is 6. The molecule has 0 spiro atoms.